The van der Waals surface area contributed by atoms with Crippen molar-refractivity contribution in [3.63, 3.8) is 0 Å². The summed E-state index contributed by atoms with van der Waals surface area (Å²) in [5.74, 6) is 0.184. The first-order chi connectivity index (χ1) is 17.0. The van der Waals surface area contributed by atoms with E-state index in [0.717, 1.165) is 22.7 Å². The van der Waals surface area contributed by atoms with Gasteiger partial charge in [0.25, 0.3) is 0 Å². The molecule has 0 heterocycles. The van der Waals surface area contributed by atoms with Gasteiger partial charge in [-0.2, -0.15) is 0 Å². The van der Waals surface area contributed by atoms with E-state index in [1.54, 1.807) is 43.2 Å². The largest absolute Gasteiger partial charge is 0.497 e. The number of ether oxygens (including phenoxy) is 1. The molecule has 0 saturated heterocycles. The van der Waals surface area contributed by atoms with E-state index in [4.69, 9.17) is 4.74 Å². The van der Waals surface area contributed by atoms with E-state index in [0.29, 0.717) is 17.9 Å². The van der Waals surface area contributed by atoms with Gasteiger partial charge >= 0.3 is 0 Å². The lowest BCUT2D eigenvalue weighted by molar-refractivity contribution is -0.140. The van der Waals surface area contributed by atoms with Gasteiger partial charge in [0.05, 0.1) is 19.1 Å². The predicted octanol–water partition coefficient (Wildman–Crippen LogP) is 4.34. The van der Waals surface area contributed by atoms with Crippen LogP contribution in [0.4, 0.5) is 5.69 Å². The first kappa shape index (κ1) is 29.6. The fraction of sp³-hybridized carbons (Fsp3) is 0.462. The molecule has 36 heavy (non-hydrogen) atoms. The number of nitrogens with one attached hydrogen (secondary N) is 1. The summed E-state index contributed by atoms with van der Waals surface area (Å²) in [5, 5.41) is 2.95. The lowest BCUT2D eigenvalue weighted by Crippen LogP contribution is -2.49. The van der Waals surface area contributed by atoms with Crippen molar-refractivity contribution >= 4 is 43.5 Å². The van der Waals surface area contributed by atoms with Gasteiger partial charge in [-0.3, -0.25) is 13.9 Å². The third-order valence-corrected chi connectivity index (χ3v) is 7.61. The van der Waals surface area contributed by atoms with E-state index >= 15 is 0 Å². The molecule has 10 heteroatoms. The third kappa shape index (κ3) is 8.81. The van der Waals surface area contributed by atoms with Gasteiger partial charge in [-0.25, -0.2) is 8.42 Å². The molecule has 0 unspecified atom stereocenters. The van der Waals surface area contributed by atoms with Gasteiger partial charge in [-0.1, -0.05) is 35.0 Å². The molecule has 0 fully saturated rings. The Bertz CT molecular complexity index is 1120. The number of rotatable bonds is 13. The number of carbonyl (C=O) groups is 2. The van der Waals surface area contributed by atoms with Gasteiger partial charge in [0.1, 0.15) is 11.8 Å². The van der Waals surface area contributed by atoms with Crippen LogP contribution in [0, 0.1) is 0 Å². The first-order valence-corrected chi connectivity index (χ1v) is 14.6. The van der Waals surface area contributed by atoms with Crippen LogP contribution in [0.15, 0.2) is 53.0 Å². The summed E-state index contributed by atoms with van der Waals surface area (Å²) in [7, 11) is -2.02. The fourth-order valence-corrected chi connectivity index (χ4v) is 5.04. The summed E-state index contributed by atoms with van der Waals surface area (Å²) in [5.41, 5.74) is 1.38. The quantitative estimate of drug-likeness (QED) is 0.379. The standard InChI is InChI=1S/C26H36BrN3O5S/c1-6-19(2)28-26(32)20(3)29(18-21-9-7-10-22(27)17-21)25(31)11-8-16-30(36(5,33)34)23-12-14-24(35-4)15-13-23/h7,9-10,12-15,17,19-20H,6,8,11,16,18H2,1-5H3,(H,28,32)/t19-,20-/m0/s1. The maximum atomic E-state index is 13.3. The summed E-state index contributed by atoms with van der Waals surface area (Å²) < 4.78 is 32.2. The molecule has 0 radical (unpaired) electrons. The Morgan fingerprint density at radius 1 is 1.11 bits per heavy atom. The third-order valence-electron chi connectivity index (χ3n) is 5.92. The molecule has 0 aliphatic heterocycles. The number of sulfonamides is 1. The van der Waals surface area contributed by atoms with E-state index in [9.17, 15) is 18.0 Å². The second kappa shape index (κ2) is 13.6. The van der Waals surface area contributed by atoms with E-state index in [1.165, 1.54) is 4.31 Å². The highest BCUT2D eigenvalue weighted by Gasteiger charge is 2.27. The first-order valence-electron chi connectivity index (χ1n) is 11.9. The molecule has 2 rings (SSSR count). The summed E-state index contributed by atoms with van der Waals surface area (Å²) in [6, 6.07) is 13.6. The molecule has 0 bridgehead atoms. The number of halogens is 1. The molecule has 2 aromatic rings. The Morgan fingerprint density at radius 3 is 2.33 bits per heavy atom. The van der Waals surface area contributed by atoms with Crippen LogP contribution in [0.2, 0.25) is 0 Å². The van der Waals surface area contributed by atoms with Gasteiger partial charge in [-0.05, 0) is 68.7 Å². The number of benzene rings is 2. The molecule has 0 aliphatic carbocycles. The van der Waals surface area contributed by atoms with E-state index in [1.807, 2.05) is 38.1 Å². The molecule has 2 aromatic carbocycles. The average molecular weight is 583 g/mol. The molecule has 0 aromatic heterocycles. The molecule has 0 aliphatic rings. The molecule has 1 N–H and O–H groups in total. The lowest BCUT2D eigenvalue weighted by atomic mass is 10.1. The second-order valence-electron chi connectivity index (χ2n) is 8.78. The Kier molecular flexibility index (Phi) is 11.2. The minimum atomic E-state index is -3.56. The van der Waals surface area contributed by atoms with Crippen molar-refractivity contribution in [3.05, 3.63) is 58.6 Å². The summed E-state index contributed by atoms with van der Waals surface area (Å²) in [4.78, 5) is 27.7. The monoisotopic (exact) mass is 581 g/mol. The maximum absolute atomic E-state index is 13.3. The molecule has 8 nitrogen and oxygen atoms in total. The van der Waals surface area contributed by atoms with Crippen molar-refractivity contribution in [2.45, 2.75) is 58.7 Å². The second-order valence-corrected chi connectivity index (χ2v) is 11.6. The number of hydrogen-bond acceptors (Lipinski definition) is 5. The van der Waals surface area contributed by atoms with Crippen LogP contribution < -0.4 is 14.4 Å². The van der Waals surface area contributed by atoms with Gasteiger partial charge in [-0.15, -0.1) is 0 Å². The zero-order chi connectivity index (χ0) is 26.9. The highest BCUT2D eigenvalue weighted by molar-refractivity contribution is 9.10. The number of methoxy groups -OCH3 is 1. The van der Waals surface area contributed by atoms with Crippen molar-refractivity contribution in [1.29, 1.82) is 0 Å². The van der Waals surface area contributed by atoms with Crippen LogP contribution in [0.5, 0.6) is 5.75 Å². The zero-order valence-corrected chi connectivity index (χ0v) is 23.9. The topological polar surface area (TPSA) is 96.0 Å². The van der Waals surface area contributed by atoms with Crippen molar-refractivity contribution in [3.8, 4) is 5.75 Å². The zero-order valence-electron chi connectivity index (χ0n) is 21.5. The minimum absolute atomic E-state index is 0.00409. The number of hydrogen-bond donors (Lipinski definition) is 1. The van der Waals surface area contributed by atoms with Crippen LogP contribution in [0.25, 0.3) is 0 Å². The highest BCUT2D eigenvalue weighted by atomic mass is 79.9. The Labute approximate surface area is 223 Å². The van der Waals surface area contributed by atoms with Gasteiger partial charge in [0.15, 0.2) is 0 Å². The van der Waals surface area contributed by atoms with Crippen LogP contribution >= 0.6 is 15.9 Å². The van der Waals surface area contributed by atoms with Gasteiger partial charge < -0.3 is 15.0 Å². The van der Waals surface area contributed by atoms with E-state index < -0.39 is 16.1 Å². The van der Waals surface area contributed by atoms with Crippen LogP contribution in [0.1, 0.15) is 45.6 Å². The predicted molar refractivity (Wildman–Crippen MR) is 146 cm³/mol. The average Bonchev–Trinajstić information content (AvgIpc) is 2.83. The molecule has 0 saturated carbocycles. The number of anilines is 1. The van der Waals surface area contributed by atoms with Crippen LogP contribution in [0.3, 0.4) is 0 Å². The number of carbonyl (C=O) groups excluding carboxylic acids is 2. The summed E-state index contributed by atoms with van der Waals surface area (Å²) in [6.07, 6.45) is 2.31. The highest BCUT2D eigenvalue weighted by Crippen LogP contribution is 2.22. The smallest absolute Gasteiger partial charge is 0.242 e. The Morgan fingerprint density at radius 2 is 1.78 bits per heavy atom. The van der Waals surface area contributed by atoms with E-state index in [-0.39, 0.29) is 37.4 Å². The number of nitrogens with zero attached hydrogens (tertiary/aromatic N) is 2. The van der Waals surface area contributed by atoms with Crippen molar-refractivity contribution in [2.24, 2.45) is 0 Å². The van der Waals surface area contributed by atoms with Crippen molar-refractivity contribution < 1.29 is 22.7 Å². The number of amides is 2. The SMILES string of the molecule is CC[C@H](C)NC(=O)[C@H](C)N(Cc1cccc(Br)c1)C(=O)CCCN(c1ccc(OC)cc1)S(C)(=O)=O. The fourth-order valence-electron chi connectivity index (χ4n) is 3.63. The van der Waals surface area contributed by atoms with Crippen LogP contribution in [-0.4, -0.2) is 57.1 Å². The van der Waals surface area contributed by atoms with Crippen molar-refractivity contribution in [1.82, 2.24) is 10.2 Å². The summed E-state index contributed by atoms with van der Waals surface area (Å²) in [6.45, 7) is 6.02. The summed E-state index contributed by atoms with van der Waals surface area (Å²) >= 11 is 3.45. The molecule has 0 spiro atoms. The van der Waals surface area contributed by atoms with Gasteiger partial charge in [0.2, 0.25) is 21.8 Å². The molecule has 198 valence electrons. The van der Waals surface area contributed by atoms with Crippen LogP contribution in [-0.2, 0) is 26.2 Å². The normalized spacial score (nSPS) is 12.9. The maximum Gasteiger partial charge on any atom is 0.242 e. The molecular formula is C26H36BrN3O5S. The molecule has 2 amide bonds. The minimum Gasteiger partial charge on any atom is -0.497 e. The Hall–Kier alpha value is -2.59. The lowest BCUT2D eigenvalue weighted by Gasteiger charge is -2.30. The molecule has 2 atom stereocenters. The van der Waals surface area contributed by atoms with Crippen molar-refractivity contribution in [2.75, 3.05) is 24.2 Å². The Balaban J connectivity index is 2.17. The molecular weight excluding hydrogens is 546 g/mol. The van der Waals surface area contributed by atoms with E-state index in [2.05, 4.69) is 21.2 Å². The van der Waals surface area contributed by atoms with Gasteiger partial charge in [0, 0.05) is 30.0 Å².